The highest BCUT2D eigenvalue weighted by molar-refractivity contribution is 5.89. The number of aromatic nitrogens is 2. The molecule has 2 atom stereocenters. The Morgan fingerprint density at radius 3 is 2.73 bits per heavy atom. The molecule has 1 aliphatic heterocycles. The monoisotopic (exact) mass is 415 g/mol. The molecule has 162 valence electrons. The second-order valence-electron chi connectivity index (χ2n) is 8.60. The SMILES string of the molecule is CC(C)COc1cccc([C@H](C)Cc2ncc(F)c(N3C(=O)OC[C@@H]3C(C)C)n2)c1. The van der Waals surface area contributed by atoms with Gasteiger partial charge in [-0.2, -0.15) is 0 Å². The van der Waals surface area contributed by atoms with E-state index < -0.39 is 11.9 Å². The Balaban J connectivity index is 1.78. The van der Waals surface area contributed by atoms with E-state index in [1.54, 1.807) is 0 Å². The minimum Gasteiger partial charge on any atom is -0.493 e. The lowest BCUT2D eigenvalue weighted by atomic mass is 9.97. The molecule has 1 amide bonds. The van der Waals surface area contributed by atoms with Gasteiger partial charge in [-0.3, -0.25) is 4.90 Å². The standard InChI is InChI=1S/C23H30FN3O3/c1-14(2)12-29-18-8-6-7-17(10-18)16(5)9-21-25-11-19(24)22(26-21)27-20(15(3)4)13-30-23(27)28/h6-8,10-11,14-16,20H,9,12-13H2,1-5H3/t16-,20-/m1/s1. The number of hydrogen-bond acceptors (Lipinski definition) is 5. The Morgan fingerprint density at radius 2 is 2.03 bits per heavy atom. The van der Waals surface area contributed by atoms with Gasteiger partial charge in [-0.1, -0.05) is 46.8 Å². The fraction of sp³-hybridized carbons (Fsp3) is 0.522. The lowest BCUT2D eigenvalue weighted by Crippen LogP contribution is -2.38. The number of carbonyl (C=O) groups is 1. The molecule has 1 aromatic heterocycles. The molecule has 1 fully saturated rings. The Labute approximate surface area is 177 Å². The van der Waals surface area contributed by atoms with Crippen LogP contribution in [0, 0.1) is 17.7 Å². The number of amides is 1. The first-order chi connectivity index (χ1) is 14.3. The van der Waals surface area contributed by atoms with Gasteiger partial charge in [-0.05, 0) is 35.4 Å². The zero-order valence-corrected chi connectivity index (χ0v) is 18.3. The van der Waals surface area contributed by atoms with E-state index >= 15 is 0 Å². The van der Waals surface area contributed by atoms with E-state index in [1.807, 2.05) is 38.1 Å². The fourth-order valence-corrected chi connectivity index (χ4v) is 3.40. The van der Waals surface area contributed by atoms with Gasteiger partial charge < -0.3 is 9.47 Å². The van der Waals surface area contributed by atoms with Gasteiger partial charge in [0.15, 0.2) is 11.6 Å². The van der Waals surface area contributed by atoms with E-state index in [1.165, 1.54) is 4.90 Å². The number of rotatable bonds is 8. The minimum absolute atomic E-state index is 0.0117. The third-order valence-corrected chi connectivity index (χ3v) is 5.18. The summed E-state index contributed by atoms with van der Waals surface area (Å²) in [6.07, 6.45) is 1.08. The Morgan fingerprint density at radius 1 is 1.27 bits per heavy atom. The van der Waals surface area contributed by atoms with Crippen LogP contribution in [0.2, 0.25) is 0 Å². The van der Waals surface area contributed by atoms with Crippen molar-refractivity contribution in [3.05, 3.63) is 47.7 Å². The second kappa shape index (κ2) is 9.41. The molecule has 0 unspecified atom stereocenters. The van der Waals surface area contributed by atoms with Crippen LogP contribution in [0.1, 0.15) is 51.9 Å². The maximum Gasteiger partial charge on any atom is 0.416 e. The minimum atomic E-state index is -0.625. The summed E-state index contributed by atoms with van der Waals surface area (Å²) in [6.45, 7) is 11.1. The molecule has 2 heterocycles. The van der Waals surface area contributed by atoms with Gasteiger partial charge >= 0.3 is 6.09 Å². The second-order valence-corrected chi connectivity index (χ2v) is 8.60. The van der Waals surface area contributed by atoms with Crippen LogP contribution in [0.4, 0.5) is 15.0 Å². The van der Waals surface area contributed by atoms with E-state index in [4.69, 9.17) is 9.47 Å². The van der Waals surface area contributed by atoms with E-state index in [2.05, 4.69) is 30.7 Å². The number of anilines is 1. The summed E-state index contributed by atoms with van der Waals surface area (Å²) in [5.41, 5.74) is 1.09. The highest BCUT2D eigenvalue weighted by atomic mass is 19.1. The van der Waals surface area contributed by atoms with Crippen LogP contribution in [-0.4, -0.2) is 35.3 Å². The van der Waals surface area contributed by atoms with Gasteiger partial charge in [-0.25, -0.2) is 19.2 Å². The third-order valence-electron chi connectivity index (χ3n) is 5.18. The number of benzene rings is 1. The summed E-state index contributed by atoms with van der Waals surface area (Å²) in [7, 11) is 0. The predicted octanol–water partition coefficient (Wildman–Crippen LogP) is 4.98. The molecule has 6 nitrogen and oxygen atoms in total. The highest BCUT2D eigenvalue weighted by Gasteiger charge is 2.38. The van der Waals surface area contributed by atoms with Crippen molar-refractivity contribution in [1.82, 2.24) is 9.97 Å². The average molecular weight is 416 g/mol. The third kappa shape index (κ3) is 5.07. The fourth-order valence-electron chi connectivity index (χ4n) is 3.40. The molecule has 0 bridgehead atoms. The lowest BCUT2D eigenvalue weighted by molar-refractivity contribution is 0.177. The van der Waals surface area contributed by atoms with Crippen LogP contribution in [0.25, 0.3) is 0 Å². The average Bonchev–Trinajstić information content (AvgIpc) is 3.09. The first-order valence-corrected chi connectivity index (χ1v) is 10.5. The molecule has 1 aromatic carbocycles. The van der Waals surface area contributed by atoms with E-state index in [0.717, 1.165) is 17.5 Å². The van der Waals surface area contributed by atoms with Crippen LogP contribution in [0.3, 0.4) is 0 Å². The van der Waals surface area contributed by atoms with Crippen LogP contribution in [-0.2, 0) is 11.2 Å². The molecule has 0 radical (unpaired) electrons. The number of hydrogen-bond donors (Lipinski definition) is 0. The van der Waals surface area contributed by atoms with Crippen LogP contribution < -0.4 is 9.64 Å². The summed E-state index contributed by atoms with van der Waals surface area (Å²) in [5.74, 6) is 1.33. The van der Waals surface area contributed by atoms with Crippen molar-refractivity contribution in [2.24, 2.45) is 11.8 Å². The van der Waals surface area contributed by atoms with Crippen LogP contribution in [0.5, 0.6) is 5.75 Å². The number of halogens is 1. The predicted molar refractivity (Wildman–Crippen MR) is 113 cm³/mol. The van der Waals surface area contributed by atoms with Gasteiger partial charge in [0, 0.05) is 6.42 Å². The van der Waals surface area contributed by atoms with Crippen molar-refractivity contribution < 1.29 is 18.7 Å². The summed E-state index contributed by atoms with van der Waals surface area (Å²) < 4.78 is 25.5. The molecular formula is C23H30FN3O3. The first-order valence-electron chi connectivity index (χ1n) is 10.5. The summed E-state index contributed by atoms with van der Waals surface area (Å²) in [5, 5.41) is 0. The molecule has 30 heavy (non-hydrogen) atoms. The van der Waals surface area contributed by atoms with Crippen molar-refractivity contribution in [2.45, 2.75) is 53.0 Å². The van der Waals surface area contributed by atoms with Crippen molar-refractivity contribution in [3.8, 4) is 5.75 Å². The van der Waals surface area contributed by atoms with Crippen LogP contribution >= 0.6 is 0 Å². The van der Waals surface area contributed by atoms with E-state index in [9.17, 15) is 9.18 Å². The molecule has 7 heteroatoms. The highest BCUT2D eigenvalue weighted by Crippen LogP contribution is 2.29. The first kappa shape index (κ1) is 22.0. The normalized spacial score (nSPS) is 17.5. The van der Waals surface area contributed by atoms with Crippen LogP contribution in [0.15, 0.2) is 30.5 Å². The number of nitrogens with zero attached hydrogens (tertiary/aromatic N) is 3. The lowest BCUT2D eigenvalue weighted by Gasteiger charge is -2.24. The smallest absolute Gasteiger partial charge is 0.416 e. The maximum atomic E-state index is 14.5. The number of carbonyl (C=O) groups excluding carboxylic acids is 1. The number of ether oxygens (including phenoxy) is 2. The number of cyclic esters (lactones) is 1. The molecular weight excluding hydrogens is 385 g/mol. The molecule has 1 aliphatic rings. The molecule has 0 N–H and O–H groups in total. The summed E-state index contributed by atoms with van der Waals surface area (Å²) in [4.78, 5) is 22.1. The van der Waals surface area contributed by atoms with Crippen molar-refractivity contribution in [3.63, 3.8) is 0 Å². The van der Waals surface area contributed by atoms with Crippen molar-refractivity contribution in [2.75, 3.05) is 18.1 Å². The largest absolute Gasteiger partial charge is 0.493 e. The van der Waals surface area contributed by atoms with Gasteiger partial charge in [0.25, 0.3) is 0 Å². The zero-order valence-electron chi connectivity index (χ0n) is 18.3. The van der Waals surface area contributed by atoms with Crippen molar-refractivity contribution in [1.29, 1.82) is 0 Å². The maximum absolute atomic E-state index is 14.5. The Bertz CT molecular complexity index is 888. The summed E-state index contributed by atoms with van der Waals surface area (Å²) in [6, 6.07) is 7.71. The summed E-state index contributed by atoms with van der Waals surface area (Å²) >= 11 is 0. The van der Waals surface area contributed by atoms with E-state index in [0.29, 0.717) is 24.8 Å². The Kier molecular flexibility index (Phi) is 6.90. The molecule has 0 saturated carbocycles. The molecule has 0 spiro atoms. The van der Waals surface area contributed by atoms with Crippen molar-refractivity contribution >= 4 is 11.9 Å². The quantitative estimate of drug-likeness (QED) is 0.609. The molecule has 0 aliphatic carbocycles. The van der Waals surface area contributed by atoms with Gasteiger partial charge in [-0.15, -0.1) is 0 Å². The zero-order chi connectivity index (χ0) is 21.8. The van der Waals surface area contributed by atoms with E-state index in [-0.39, 0.29) is 30.3 Å². The topological polar surface area (TPSA) is 64.5 Å². The Hall–Kier alpha value is -2.70. The molecule has 3 rings (SSSR count). The molecule has 2 aromatic rings. The van der Waals surface area contributed by atoms with Gasteiger partial charge in [0.1, 0.15) is 18.2 Å². The van der Waals surface area contributed by atoms with Gasteiger partial charge in [0.05, 0.1) is 18.8 Å². The van der Waals surface area contributed by atoms with Gasteiger partial charge in [0.2, 0.25) is 0 Å². The molecule has 1 saturated heterocycles.